The van der Waals surface area contributed by atoms with Crippen molar-refractivity contribution >= 4 is 16.9 Å². The van der Waals surface area contributed by atoms with Crippen molar-refractivity contribution in [3.8, 4) is 5.88 Å². The zero-order valence-corrected chi connectivity index (χ0v) is 8.06. The van der Waals surface area contributed by atoms with E-state index in [-0.39, 0.29) is 5.88 Å². The number of carboxylic acids is 1. The Bertz CT molecular complexity index is 503. The van der Waals surface area contributed by atoms with Gasteiger partial charge in [0, 0.05) is 0 Å². The summed E-state index contributed by atoms with van der Waals surface area (Å²) in [6, 6.07) is 5.47. The molecule has 0 aliphatic heterocycles. The molecule has 0 atom stereocenters. The Labute approximate surface area is 85.2 Å². The monoisotopic (exact) mass is 207 g/mol. The highest BCUT2D eigenvalue weighted by Crippen LogP contribution is 2.27. The predicted molar refractivity (Wildman–Crippen MR) is 51.9 cm³/mol. The van der Waals surface area contributed by atoms with Gasteiger partial charge in [-0.25, -0.2) is 4.79 Å². The summed E-state index contributed by atoms with van der Waals surface area (Å²) in [5, 5.41) is 12.9. The fourth-order valence-corrected chi connectivity index (χ4v) is 1.36. The normalized spacial score (nSPS) is 10.5. The predicted octanol–water partition coefficient (Wildman–Crippen LogP) is 1.60. The first-order valence-corrected chi connectivity index (χ1v) is 4.38. The van der Waals surface area contributed by atoms with Crippen LogP contribution in [-0.2, 0) is 4.79 Å². The number of rotatable bonds is 3. The molecule has 0 radical (unpaired) electrons. The summed E-state index contributed by atoms with van der Waals surface area (Å²) < 4.78 is 9.99. The lowest BCUT2D eigenvalue weighted by Crippen LogP contribution is -2.09. The van der Waals surface area contributed by atoms with E-state index in [1.165, 1.54) is 0 Å². The van der Waals surface area contributed by atoms with Crippen molar-refractivity contribution in [1.29, 1.82) is 0 Å². The number of nitrogens with zero attached hydrogens (tertiary/aromatic N) is 1. The van der Waals surface area contributed by atoms with Crippen molar-refractivity contribution in [2.45, 2.75) is 6.92 Å². The molecule has 0 saturated carbocycles. The maximum atomic E-state index is 10.3. The second-order valence-corrected chi connectivity index (χ2v) is 3.12. The molecule has 1 N–H and O–H groups in total. The third-order valence-electron chi connectivity index (χ3n) is 2.01. The Morgan fingerprint density at radius 1 is 1.60 bits per heavy atom. The molecule has 0 saturated heterocycles. The van der Waals surface area contributed by atoms with Crippen LogP contribution in [0.4, 0.5) is 0 Å². The summed E-state index contributed by atoms with van der Waals surface area (Å²) >= 11 is 0. The van der Waals surface area contributed by atoms with Crippen LogP contribution < -0.4 is 4.74 Å². The zero-order chi connectivity index (χ0) is 10.8. The highest BCUT2D eigenvalue weighted by molar-refractivity contribution is 5.85. The van der Waals surface area contributed by atoms with Crippen LogP contribution in [0.5, 0.6) is 5.88 Å². The number of fused-ring (bicyclic) bond motifs is 1. The van der Waals surface area contributed by atoms with E-state index in [1.807, 2.05) is 19.1 Å². The Kier molecular flexibility index (Phi) is 2.29. The highest BCUT2D eigenvalue weighted by atomic mass is 16.5. The van der Waals surface area contributed by atoms with E-state index in [0.717, 1.165) is 10.9 Å². The molecule has 0 unspecified atom stereocenters. The number of aryl methyl sites for hydroxylation is 1. The molecule has 1 heterocycles. The van der Waals surface area contributed by atoms with E-state index in [9.17, 15) is 4.79 Å². The number of benzene rings is 1. The Balaban J connectivity index is 2.39. The van der Waals surface area contributed by atoms with Gasteiger partial charge >= 0.3 is 5.97 Å². The molecular weight excluding hydrogens is 198 g/mol. The topological polar surface area (TPSA) is 72.6 Å². The van der Waals surface area contributed by atoms with Crippen LogP contribution in [0.15, 0.2) is 22.7 Å². The summed E-state index contributed by atoms with van der Waals surface area (Å²) in [4.78, 5) is 10.3. The number of hydrogen-bond acceptors (Lipinski definition) is 4. The number of carboxylic acid groups (broad SMARTS) is 1. The lowest BCUT2D eigenvalue weighted by atomic mass is 10.1. The Morgan fingerprint density at radius 3 is 3.13 bits per heavy atom. The minimum Gasteiger partial charge on any atom is -0.479 e. The maximum absolute atomic E-state index is 10.3. The summed E-state index contributed by atoms with van der Waals surface area (Å²) in [6.45, 7) is 1.46. The largest absolute Gasteiger partial charge is 0.479 e. The molecule has 0 aliphatic carbocycles. The van der Waals surface area contributed by atoms with Crippen LogP contribution in [0.1, 0.15) is 5.56 Å². The number of ether oxygens (including phenoxy) is 1. The first-order valence-electron chi connectivity index (χ1n) is 4.38. The van der Waals surface area contributed by atoms with Gasteiger partial charge < -0.3 is 14.4 Å². The summed E-state index contributed by atoms with van der Waals surface area (Å²) in [7, 11) is 0. The lowest BCUT2D eigenvalue weighted by Gasteiger charge is -1.99. The molecule has 0 bridgehead atoms. The van der Waals surface area contributed by atoms with Gasteiger partial charge in [-0.2, -0.15) is 0 Å². The van der Waals surface area contributed by atoms with Crippen molar-refractivity contribution in [3.63, 3.8) is 0 Å². The third kappa shape index (κ3) is 1.76. The van der Waals surface area contributed by atoms with E-state index >= 15 is 0 Å². The molecule has 78 valence electrons. The maximum Gasteiger partial charge on any atom is 0.341 e. The lowest BCUT2D eigenvalue weighted by molar-refractivity contribution is -0.139. The molecule has 0 aliphatic rings. The number of aliphatic carboxylic acids is 1. The van der Waals surface area contributed by atoms with Gasteiger partial charge in [-0.1, -0.05) is 12.1 Å². The van der Waals surface area contributed by atoms with Gasteiger partial charge in [0.2, 0.25) is 0 Å². The van der Waals surface area contributed by atoms with Crippen molar-refractivity contribution in [3.05, 3.63) is 23.8 Å². The van der Waals surface area contributed by atoms with E-state index in [0.29, 0.717) is 5.58 Å². The van der Waals surface area contributed by atoms with Gasteiger partial charge in [0.05, 0.1) is 5.39 Å². The van der Waals surface area contributed by atoms with E-state index in [2.05, 4.69) is 5.16 Å². The van der Waals surface area contributed by atoms with Crippen LogP contribution in [0, 0.1) is 6.92 Å². The second-order valence-electron chi connectivity index (χ2n) is 3.12. The van der Waals surface area contributed by atoms with Crippen molar-refractivity contribution in [2.75, 3.05) is 6.61 Å². The molecule has 1 aromatic carbocycles. The van der Waals surface area contributed by atoms with Crippen molar-refractivity contribution < 1.29 is 19.2 Å². The number of aromatic nitrogens is 1. The van der Waals surface area contributed by atoms with Crippen LogP contribution in [0.3, 0.4) is 0 Å². The molecular formula is C10H9NO4. The SMILES string of the molecule is Cc1cccc2onc(OCC(=O)O)c12. The first-order chi connectivity index (χ1) is 7.18. The zero-order valence-electron chi connectivity index (χ0n) is 8.06. The highest BCUT2D eigenvalue weighted by Gasteiger charge is 2.12. The van der Waals surface area contributed by atoms with Gasteiger partial charge in [-0.05, 0) is 23.7 Å². The van der Waals surface area contributed by atoms with Gasteiger partial charge in [0.15, 0.2) is 12.2 Å². The van der Waals surface area contributed by atoms with E-state index in [1.54, 1.807) is 6.07 Å². The molecule has 1 aromatic heterocycles. The third-order valence-corrected chi connectivity index (χ3v) is 2.01. The molecule has 15 heavy (non-hydrogen) atoms. The average Bonchev–Trinajstić information content (AvgIpc) is 2.59. The summed E-state index contributed by atoms with van der Waals surface area (Å²) in [5.74, 6) is -0.815. The second kappa shape index (κ2) is 3.61. The molecule has 2 aromatic rings. The molecule has 5 heteroatoms. The van der Waals surface area contributed by atoms with Crippen molar-refractivity contribution in [2.24, 2.45) is 0 Å². The van der Waals surface area contributed by atoms with Crippen molar-refractivity contribution in [1.82, 2.24) is 5.16 Å². The summed E-state index contributed by atoms with van der Waals surface area (Å²) in [5.41, 5.74) is 1.53. The smallest absolute Gasteiger partial charge is 0.341 e. The minimum atomic E-state index is -1.04. The molecule has 0 fully saturated rings. The van der Waals surface area contributed by atoms with Crippen LogP contribution in [-0.4, -0.2) is 22.8 Å². The van der Waals surface area contributed by atoms with E-state index < -0.39 is 12.6 Å². The van der Waals surface area contributed by atoms with Crippen LogP contribution in [0.25, 0.3) is 11.0 Å². The molecule has 5 nitrogen and oxygen atoms in total. The van der Waals surface area contributed by atoms with Gasteiger partial charge in [0.1, 0.15) is 0 Å². The van der Waals surface area contributed by atoms with E-state index in [4.69, 9.17) is 14.4 Å². The molecule has 2 rings (SSSR count). The fraction of sp³-hybridized carbons (Fsp3) is 0.200. The number of hydrogen-bond donors (Lipinski definition) is 1. The Hall–Kier alpha value is -2.04. The molecule has 0 amide bonds. The summed E-state index contributed by atoms with van der Waals surface area (Å²) in [6.07, 6.45) is 0. The van der Waals surface area contributed by atoms with Crippen LogP contribution in [0.2, 0.25) is 0 Å². The quantitative estimate of drug-likeness (QED) is 0.827. The van der Waals surface area contributed by atoms with Gasteiger partial charge in [-0.15, -0.1) is 0 Å². The Morgan fingerprint density at radius 2 is 2.40 bits per heavy atom. The standard InChI is InChI=1S/C10H9NO4/c1-6-3-2-4-7-9(6)10(11-15-7)14-5-8(12)13/h2-4H,5H2,1H3,(H,12,13). The number of carbonyl (C=O) groups is 1. The first kappa shape index (κ1) is 9.51. The van der Waals surface area contributed by atoms with Gasteiger partial charge in [0.25, 0.3) is 5.88 Å². The molecule has 0 spiro atoms. The average molecular weight is 207 g/mol. The van der Waals surface area contributed by atoms with Gasteiger partial charge in [-0.3, -0.25) is 0 Å². The van der Waals surface area contributed by atoms with Crippen LogP contribution >= 0.6 is 0 Å². The minimum absolute atomic E-state index is 0.227. The fourth-order valence-electron chi connectivity index (χ4n) is 1.36.